The van der Waals surface area contributed by atoms with Gasteiger partial charge in [-0.05, 0) is 73.0 Å². The lowest BCUT2D eigenvalue weighted by Gasteiger charge is -2.63. The van der Waals surface area contributed by atoms with Crippen LogP contribution >= 0.6 is 0 Å². The molecule has 29 heavy (non-hydrogen) atoms. The average Bonchev–Trinajstić information content (AvgIpc) is 3.03. The van der Waals surface area contributed by atoms with Crippen molar-refractivity contribution in [1.29, 1.82) is 0 Å². The highest BCUT2D eigenvalue weighted by Crippen LogP contribution is 2.66. The Balaban J connectivity index is 1.41. The van der Waals surface area contributed by atoms with Gasteiger partial charge < -0.3 is 9.64 Å². The summed E-state index contributed by atoms with van der Waals surface area (Å²) < 4.78 is 6.28. The van der Waals surface area contributed by atoms with Crippen molar-refractivity contribution >= 4 is 5.91 Å². The molecule has 0 radical (unpaired) electrons. The molecule has 0 unspecified atom stereocenters. The van der Waals surface area contributed by atoms with Gasteiger partial charge in [0.25, 0.3) is 0 Å². The second kappa shape index (κ2) is 6.68. The van der Waals surface area contributed by atoms with Crippen LogP contribution in [0.5, 0.6) is 5.88 Å². The Kier molecular flexibility index (Phi) is 4.45. The highest BCUT2D eigenvalue weighted by Gasteiger charge is 2.62. The summed E-state index contributed by atoms with van der Waals surface area (Å²) in [5, 5.41) is 0. The summed E-state index contributed by atoms with van der Waals surface area (Å²) in [6, 6.07) is 0.414. The zero-order valence-corrected chi connectivity index (χ0v) is 18.3. The molecular weight excluding hydrogens is 362 g/mol. The van der Waals surface area contributed by atoms with Crippen LogP contribution in [0.2, 0.25) is 0 Å². The number of carbonyl (C=O) groups is 1. The minimum Gasteiger partial charge on any atom is -0.473 e. The Hall–Kier alpha value is -1.65. The van der Waals surface area contributed by atoms with E-state index in [1.54, 1.807) is 18.6 Å². The topological polar surface area (TPSA) is 55.3 Å². The summed E-state index contributed by atoms with van der Waals surface area (Å²) in [6.45, 7) is 7.45. The van der Waals surface area contributed by atoms with Crippen molar-refractivity contribution in [3.05, 3.63) is 18.6 Å². The molecule has 4 fully saturated rings. The molecule has 1 aromatic rings. The first-order valence-electron chi connectivity index (χ1n) is 11.5. The number of ether oxygens (including phenoxy) is 1. The minimum absolute atomic E-state index is 0.244. The predicted molar refractivity (Wildman–Crippen MR) is 111 cm³/mol. The molecule has 1 aromatic heterocycles. The summed E-state index contributed by atoms with van der Waals surface area (Å²) in [4.78, 5) is 23.0. The van der Waals surface area contributed by atoms with Crippen molar-refractivity contribution < 1.29 is 9.53 Å². The van der Waals surface area contributed by atoms with Crippen LogP contribution in [0.3, 0.4) is 0 Å². The van der Waals surface area contributed by atoms with Gasteiger partial charge in [0.05, 0.1) is 6.20 Å². The Bertz CT molecular complexity index is 786. The van der Waals surface area contributed by atoms with Gasteiger partial charge in [-0.2, -0.15) is 0 Å². The SMILES string of the molecule is C[C@H]1C[C@H]2N(C)C(=O)CC[C@]2(C)[C@H]2CC[C@]3(C)C[C@@H](Oc4cnccn4)C[C@H]3[C@H]12. The molecule has 3 aliphatic carbocycles. The average molecular weight is 398 g/mol. The third-order valence-electron chi connectivity index (χ3n) is 9.49. The lowest BCUT2D eigenvalue weighted by atomic mass is 9.45. The van der Waals surface area contributed by atoms with Crippen LogP contribution < -0.4 is 4.74 Å². The van der Waals surface area contributed by atoms with E-state index in [-0.39, 0.29) is 11.5 Å². The van der Waals surface area contributed by atoms with Crippen LogP contribution in [0.4, 0.5) is 0 Å². The zero-order chi connectivity index (χ0) is 20.4. The maximum Gasteiger partial charge on any atom is 0.232 e. The van der Waals surface area contributed by atoms with Crippen molar-refractivity contribution in [1.82, 2.24) is 14.9 Å². The van der Waals surface area contributed by atoms with E-state index in [0.717, 1.165) is 43.9 Å². The predicted octanol–water partition coefficient (Wildman–Crippen LogP) is 4.33. The smallest absolute Gasteiger partial charge is 0.232 e. The zero-order valence-electron chi connectivity index (χ0n) is 18.3. The van der Waals surface area contributed by atoms with Gasteiger partial charge in [-0.3, -0.25) is 9.78 Å². The van der Waals surface area contributed by atoms with E-state index in [4.69, 9.17) is 4.74 Å². The molecule has 0 bridgehead atoms. The van der Waals surface area contributed by atoms with Crippen molar-refractivity contribution in [2.45, 2.75) is 77.9 Å². The Morgan fingerprint density at radius 1 is 1.17 bits per heavy atom. The number of hydrogen-bond acceptors (Lipinski definition) is 4. The molecular formula is C24H35N3O2. The molecule has 0 N–H and O–H groups in total. The molecule has 5 nitrogen and oxygen atoms in total. The molecule has 2 heterocycles. The number of rotatable bonds is 2. The van der Waals surface area contributed by atoms with Crippen LogP contribution in [0.1, 0.15) is 65.7 Å². The maximum absolute atomic E-state index is 12.4. The van der Waals surface area contributed by atoms with E-state index in [1.165, 1.54) is 12.8 Å². The van der Waals surface area contributed by atoms with Crippen molar-refractivity contribution in [3.8, 4) is 5.88 Å². The summed E-state index contributed by atoms with van der Waals surface area (Å²) in [5.41, 5.74) is 0.632. The van der Waals surface area contributed by atoms with Gasteiger partial charge in [0.2, 0.25) is 11.8 Å². The summed E-state index contributed by atoms with van der Waals surface area (Å²) in [7, 11) is 2.05. The first-order chi connectivity index (χ1) is 13.8. The largest absolute Gasteiger partial charge is 0.473 e. The van der Waals surface area contributed by atoms with Crippen molar-refractivity contribution in [2.24, 2.45) is 34.5 Å². The van der Waals surface area contributed by atoms with Crippen LogP contribution in [0.25, 0.3) is 0 Å². The molecule has 0 spiro atoms. The van der Waals surface area contributed by atoms with Crippen molar-refractivity contribution in [2.75, 3.05) is 7.05 Å². The second-order valence-corrected chi connectivity index (χ2v) is 10.9. The molecule has 8 atom stereocenters. The number of piperidine rings is 1. The number of aromatic nitrogens is 2. The molecule has 1 saturated heterocycles. The number of carbonyl (C=O) groups excluding carboxylic acids is 1. The Morgan fingerprint density at radius 2 is 2.00 bits per heavy atom. The van der Waals surface area contributed by atoms with E-state index in [9.17, 15) is 4.79 Å². The first kappa shape index (κ1) is 19.3. The van der Waals surface area contributed by atoms with Crippen molar-refractivity contribution in [3.63, 3.8) is 0 Å². The standard InChI is InChI=1S/C24H35N3O2/c1-15-11-19-24(3,8-6-21(28)27(19)4)17-5-7-23(2)13-16(12-18(23)22(15)17)29-20-14-25-9-10-26-20/h9-10,14-19,22H,5-8,11-13H2,1-4H3/t15-,16-,17-,18-,19+,22+,23+,24+/m0/s1. The van der Waals surface area contributed by atoms with E-state index in [2.05, 4.69) is 35.6 Å². The number of hydrogen-bond donors (Lipinski definition) is 0. The number of nitrogens with zero attached hydrogens (tertiary/aromatic N) is 3. The second-order valence-electron chi connectivity index (χ2n) is 10.9. The van der Waals surface area contributed by atoms with Gasteiger partial charge in [-0.1, -0.05) is 20.8 Å². The van der Waals surface area contributed by atoms with Crippen LogP contribution in [-0.2, 0) is 4.79 Å². The fourth-order valence-electron chi connectivity index (χ4n) is 8.06. The third-order valence-corrected chi connectivity index (χ3v) is 9.49. The minimum atomic E-state index is 0.244. The molecule has 5 rings (SSSR count). The number of amides is 1. The first-order valence-corrected chi connectivity index (χ1v) is 11.5. The summed E-state index contributed by atoms with van der Waals surface area (Å²) in [5.74, 6) is 3.83. The van der Waals surface area contributed by atoms with E-state index in [0.29, 0.717) is 35.1 Å². The van der Waals surface area contributed by atoms with E-state index >= 15 is 0 Å². The maximum atomic E-state index is 12.4. The lowest BCUT2D eigenvalue weighted by molar-refractivity contribution is -0.164. The molecule has 1 aliphatic heterocycles. The van der Waals surface area contributed by atoms with Gasteiger partial charge in [0, 0.05) is 31.9 Å². The molecule has 0 aromatic carbocycles. The highest BCUT2D eigenvalue weighted by molar-refractivity contribution is 5.77. The van der Waals surface area contributed by atoms with Gasteiger partial charge in [-0.15, -0.1) is 0 Å². The Labute approximate surface area is 174 Å². The number of fused-ring (bicyclic) bond motifs is 5. The highest BCUT2D eigenvalue weighted by atomic mass is 16.5. The summed E-state index contributed by atoms with van der Waals surface area (Å²) >= 11 is 0. The monoisotopic (exact) mass is 397 g/mol. The van der Waals surface area contributed by atoms with E-state index in [1.807, 2.05) is 7.05 Å². The third kappa shape index (κ3) is 2.90. The van der Waals surface area contributed by atoms with Gasteiger partial charge in [0.15, 0.2) is 0 Å². The normalized spacial score (nSPS) is 46.6. The molecule has 3 saturated carbocycles. The lowest BCUT2D eigenvalue weighted by Crippen LogP contribution is -2.62. The van der Waals surface area contributed by atoms with E-state index < -0.39 is 0 Å². The molecule has 158 valence electrons. The fourth-order valence-corrected chi connectivity index (χ4v) is 8.06. The van der Waals surface area contributed by atoms with Gasteiger partial charge in [0.1, 0.15) is 6.10 Å². The van der Waals surface area contributed by atoms with Crippen LogP contribution in [0, 0.1) is 34.5 Å². The van der Waals surface area contributed by atoms with Gasteiger partial charge in [-0.25, -0.2) is 4.98 Å². The molecule has 1 amide bonds. The van der Waals surface area contributed by atoms with Crippen LogP contribution in [0.15, 0.2) is 18.6 Å². The summed E-state index contributed by atoms with van der Waals surface area (Å²) in [6.07, 6.45) is 13.2. The Morgan fingerprint density at radius 3 is 2.76 bits per heavy atom. The quantitative estimate of drug-likeness (QED) is 0.745. The molecule has 4 aliphatic rings. The van der Waals surface area contributed by atoms with Gasteiger partial charge >= 0.3 is 0 Å². The molecule has 5 heteroatoms. The fraction of sp³-hybridized carbons (Fsp3) is 0.792. The van der Waals surface area contributed by atoms with Crippen LogP contribution in [-0.4, -0.2) is 40.0 Å². The number of likely N-dealkylation sites (tertiary alicyclic amines) is 1.